The minimum Gasteiger partial charge on any atom is -0.508 e. The zero-order valence-corrected chi connectivity index (χ0v) is 46.4. The Morgan fingerprint density at radius 2 is 0.709 bits per heavy atom. The quantitative estimate of drug-likeness (QED) is 0.0202. The average molecular weight is 1240 g/mol. The Morgan fingerprint density at radius 3 is 0.930 bits per heavy atom. The number of guanidine groups is 2. The minimum atomic E-state index is -1.17. The van der Waals surface area contributed by atoms with Crippen molar-refractivity contribution in [2.75, 3.05) is 32.7 Å². The van der Waals surface area contributed by atoms with Crippen LogP contribution in [-0.2, 0) is 67.2 Å². The Bertz CT molecular complexity index is 2290. The summed E-state index contributed by atoms with van der Waals surface area (Å²) in [4.78, 5) is 106. The van der Waals surface area contributed by atoms with Crippen LogP contribution in [0.25, 0.3) is 0 Å². The van der Waals surface area contributed by atoms with E-state index >= 15 is 0 Å². The van der Waals surface area contributed by atoms with Crippen LogP contribution in [0.1, 0.15) is 55.3 Å². The van der Waals surface area contributed by atoms with Crippen LogP contribution in [0.15, 0.2) is 61.1 Å². The van der Waals surface area contributed by atoms with Gasteiger partial charge in [0.1, 0.15) is 47.8 Å². The van der Waals surface area contributed by atoms with Crippen molar-refractivity contribution < 1.29 is 109 Å². The first kappa shape index (κ1) is 87.4. The summed E-state index contributed by atoms with van der Waals surface area (Å²) < 4.78 is 0. The van der Waals surface area contributed by atoms with Gasteiger partial charge in [-0.2, -0.15) is 0 Å². The number of nitrogens with one attached hydrogen (secondary N) is 5. The second-order valence-electron chi connectivity index (χ2n) is 16.4. The molecule has 39 nitrogen and oxygen atoms in total. The molecule has 0 spiro atoms. The highest BCUT2D eigenvalue weighted by atomic mass is 16.4. The number of phenols is 2. The largest absolute Gasteiger partial charge is 0.508 e. The molecular weight excluding hydrogens is 1150 g/mol. The molecule has 0 saturated carbocycles. The molecule has 86 heavy (non-hydrogen) atoms. The number of hydrogen-bond acceptors (Lipinski definition) is 24. The first-order valence-corrected chi connectivity index (χ1v) is 24.4. The van der Waals surface area contributed by atoms with Gasteiger partial charge in [-0.15, -0.1) is 0 Å². The highest BCUT2D eigenvalue weighted by molar-refractivity contribution is 5.77. The monoisotopic (exact) mass is 1240 g/mol. The van der Waals surface area contributed by atoms with Crippen LogP contribution >= 0.6 is 0 Å². The van der Waals surface area contributed by atoms with Gasteiger partial charge in [0.15, 0.2) is 11.9 Å². The molecule has 3 aromatic rings. The summed E-state index contributed by atoms with van der Waals surface area (Å²) in [7, 11) is 0. The van der Waals surface area contributed by atoms with E-state index in [-0.39, 0.29) is 75.2 Å². The molecule has 0 fully saturated rings. The van der Waals surface area contributed by atoms with Crippen LogP contribution < -0.4 is 73.7 Å². The summed E-state index contributed by atoms with van der Waals surface area (Å²) in [6, 6.07) is 7.29. The number of aliphatic carboxylic acids is 10. The Morgan fingerprint density at radius 1 is 0.442 bits per heavy atom. The molecule has 0 radical (unpaired) electrons. The van der Waals surface area contributed by atoms with Crippen molar-refractivity contribution in [2.45, 2.75) is 94.0 Å². The molecule has 39 N–H and O–H groups in total. The van der Waals surface area contributed by atoms with Crippen molar-refractivity contribution in [3.05, 3.63) is 77.9 Å². The molecule has 488 valence electrons. The summed E-state index contributed by atoms with van der Waals surface area (Å²) in [6.45, 7) is 0.132. The number of rotatable bonds is 26. The lowest BCUT2D eigenvalue weighted by Gasteiger charge is -2.06. The zero-order valence-electron chi connectivity index (χ0n) is 46.4. The fourth-order valence-electron chi connectivity index (χ4n) is 4.40. The smallest absolute Gasteiger partial charge is 0.320 e. The predicted octanol–water partition coefficient (Wildman–Crippen LogP) is -6.27. The van der Waals surface area contributed by atoms with E-state index < -0.39 is 95.9 Å². The molecule has 0 aliphatic rings. The van der Waals surface area contributed by atoms with Crippen LogP contribution in [0.4, 0.5) is 0 Å². The lowest BCUT2D eigenvalue weighted by atomic mass is 10.1. The fraction of sp³-hybridized carbons (Fsp3) is 0.426. The Hall–Kier alpha value is -9.87. The van der Waals surface area contributed by atoms with Crippen LogP contribution in [-0.4, -0.2) is 212 Å². The number of H-pyrrole nitrogens is 1. The number of aromatic nitrogens is 2. The molecule has 0 amide bonds. The lowest BCUT2D eigenvalue weighted by molar-refractivity contribution is -0.141. The predicted molar refractivity (Wildman–Crippen MR) is 305 cm³/mol. The van der Waals surface area contributed by atoms with E-state index in [1.807, 2.05) is 0 Å². The number of aromatic hydroxyl groups is 2. The van der Waals surface area contributed by atoms with Gasteiger partial charge >= 0.3 is 59.7 Å². The van der Waals surface area contributed by atoms with E-state index in [4.69, 9.17) is 118 Å². The molecule has 1 aromatic heterocycles. The Kier molecular flexibility index (Phi) is 55.3. The normalized spacial score (nSPS) is 11.5. The Labute approximate surface area is 490 Å². The van der Waals surface area contributed by atoms with Crippen molar-refractivity contribution in [3.63, 3.8) is 0 Å². The van der Waals surface area contributed by atoms with Gasteiger partial charge in [0.25, 0.3) is 0 Å². The number of carbonyl (C=O) groups is 10. The van der Waals surface area contributed by atoms with Crippen molar-refractivity contribution in [2.24, 2.45) is 63.1 Å². The number of aromatic amines is 1. The number of benzene rings is 2. The first-order valence-electron chi connectivity index (χ1n) is 24.4. The van der Waals surface area contributed by atoms with Gasteiger partial charge in [-0.3, -0.25) is 58.8 Å². The number of nitrogens with zero attached hydrogens (tertiary/aromatic N) is 1. The van der Waals surface area contributed by atoms with E-state index in [9.17, 15) is 47.9 Å². The Balaban J connectivity index is -0.000000213. The van der Waals surface area contributed by atoms with Gasteiger partial charge in [-0.25, -0.2) is 4.98 Å². The molecule has 2 aromatic carbocycles. The van der Waals surface area contributed by atoms with Gasteiger partial charge in [-0.1, -0.05) is 24.3 Å². The van der Waals surface area contributed by atoms with Crippen molar-refractivity contribution in [1.82, 2.24) is 20.6 Å². The summed E-state index contributed by atoms with van der Waals surface area (Å²) in [5.41, 5.74) is 57.3. The molecule has 3 rings (SSSR count). The molecule has 39 heteroatoms. The van der Waals surface area contributed by atoms with Crippen molar-refractivity contribution in [1.29, 1.82) is 10.8 Å². The van der Waals surface area contributed by atoms with E-state index in [0.29, 0.717) is 44.5 Å². The van der Waals surface area contributed by atoms with Gasteiger partial charge in [0, 0.05) is 32.1 Å². The molecule has 0 bridgehead atoms. The molecule has 6 atom stereocenters. The van der Waals surface area contributed by atoms with E-state index in [0.717, 1.165) is 11.1 Å². The maximum absolute atomic E-state index is 10.4. The molecule has 6 unspecified atom stereocenters. The standard InChI is InChI=1S/2C9H11NO3.2C6H14N4O2.C6H9N3O2.C5H9NO4.3C2H5NO2/c2*10-8(9(12)13)5-6-1-3-7(11)4-2-6;2*7-4(5(11)12)2-1-3-10-6(8)9;7-5(6(10)11)1-4-2-8-3-9-4;6-3(5(9)10)1-2-4(7)8;3*3-1-2(4)5/h2*1-4,8,11H,5,10H2,(H,12,13);2*4H,1-3,7H2,(H,11,12)(H4,8,9,10);2-3,5H,1,7H2,(H,8,9)(H,10,11);3H,1-2,6H2,(H,7,8)(H,9,10);3*1,3H2,(H,4,5). The molecule has 0 aliphatic carbocycles. The second kappa shape index (κ2) is 54.4. The van der Waals surface area contributed by atoms with E-state index in [1.165, 1.54) is 30.6 Å². The number of carboxylic acid groups (broad SMARTS) is 10. The highest BCUT2D eigenvalue weighted by Crippen LogP contribution is 2.12. The average Bonchev–Trinajstić information content (AvgIpc) is 3.96. The maximum Gasteiger partial charge on any atom is 0.320 e. The number of phenolic OH excluding ortho intramolecular Hbond substituents is 2. The third-order valence-corrected chi connectivity index (χ3v) is 8.88. The van der Waals surface area contributed by atoms with Gasteiger partial charge in [0.05, 0.1) is 31.7 Å². The number of carboxylic acids is 10. The van der Waals surface area contributed by atoms with Crippen LogP contribution in [0.2, 0.25) is 0 Å². The van der Waals surface area contributed by atoms with Crippen LogP contribution in [0.3, 0.4) is 0 Å². The molecule has 1 heterocycles. The third-order valence-electron chi connectivity index (χ3n) is 8.88. The maximum atomic E-state index is 10.4. The topological polar surface area (TPSA) is 800 Å². The number of hydrogen-bond donors (Lipinski definition) is 28. The van der Waals surface area contributed by atoms with Gasteiger partial charge in [-0.05, 0) is 80.3 Å². The number of nitrogens with two attached hydrogens (primary N) is 11. The summed E-state index contributed by atoms with van der Waals surface area (Å²) >= 11 is 0. The van der Waals surface area contributed by atoms with Crippen molar-refractivity contribution >= 4 is 71.6 Å². The number of imidazole rings is 1. The summed E-state index contributed by atoms with van der Waals surface area (Å²) in [5, 5.41) is 118. The lowest BCUT2D eigenvalue weighted by Crippen LogP contribution is -2.34. The van der Waals surface area contributed by atoms with Crippen LogP contribution in [0, 0.1) is 10.8 Å². The molecule has 0 aliphatic heterocycles. The van der Waals surface area contributed by atoms with Crippen LogP contribution in [0.5, 0.6) is 11.5 Å². The molecule has 0 saturated heterocycles. The minimum absolute atomic E-state index is 0.0231. The highest BCUT2D eigenvalue weighted by Gasteiger charge is 2.15. The molecular formula is C47H83N17O22. The van der Waals surface area contributed by atoms with E-state index in [1.54, 1.807) is 30.5 Å². The van der Waals surface area contributed by atoms with Crippen molar-refractivity contribution in [3.8, 4) is 11.5 Å². The summed E-state index contributed by atoms with van der Waals surface area (Å²) in [6.07, 6.45) is 5.65. The summed E-state index contributed by atoms with van der Waals surface area (Å²) in [5.74, 6) is -10.1. The SMILES string of the molecule is N=C(N)NCCCC(N)C(=O)O.N=C(N)NCCCC(N)C(=O)O.NC(CCC(=O)O)C(=O)O.NC(Cc1c[nH]cn1)C(=O)O.NC(Cc1ccc(O)cc1)C(=O)O.NC(Cc1ccc(O)cc1)C(=O)O.NCC(=O)O.NCC(=O)O.NCC(=O)O. The third kappa shape index (κ3) is 64.9. The zero-order chi connectivity index (χ0) is 68.1. The first-order chi connectivity index (χ1) is 39.8. The van der Waals surface area contributed by atoms with E-state index in [2.05, 4.69) is 37.8 Å². The van der Waals surface area contributed by atoms with Gasteiger partial charge in [0.2, 0.25) is 0 Å². The van der Waals surface area contributed by atoms with Gasteiger partial charge < -0.3 is 140 Å². The fourth-order valence-corrected chi connectivity index (χ4v) is 4.40. The second-order valence-corrected chi connectivity index (χ2v) is 16.4.